The van der Waals surface area contributed by atoms with Gasteiger partial charge in [-0.05, 0) is 26.7 Å². The molecule has 0 fully saturated rings. The Morgan fingerprint density at radius 3 is 2.62 bits per heavy atom. The summed E-state index contributed by atoms with van der Waals surface area (Å²) in [6.45, 7) is 9.60. The van der Waals surface area contributed by atoms with Crippen LogP contribution >= 0.6 is 24.0 Å². The van der Waals surface area contributed by atoms with Gasteiger partial charge in [0.15, 0.2) is 5.96 Å². The largest absolute Gasteiger partial charge is 0.352 e. The molecule has 0 spiro atoms. The maximum absolute atomic E-state index is 4.43. The van der Waals surface area contributed by atoms with Crippen molar-refractivity contribution in [2.45, 2.75) is 33.2 Å². The summed E-state index contributed by atoms with van der Waals surface area (Å²) >= 11 is 0. The molecule has 0 aliphatic carbocycles. The first-order valence-corrected chi connectivity index (χ1v) is 7.03. The van der Waals surface area contributed by atoms with Gasteiger partial charge in [-0.25, -0.2) is 0 Å². The quantitative estimate of drug-likeness (QED) is 0.260. The Hall–Kier alpha value is -1.05. The van der Waals surface area contributed by atoms with Gasteiger partial charge in [-0.2, -0.15) is 5.10 Å². The fourth-order valence-corrected chi connectivity index (χ4v) is 2.20. The molecule has 0 aromatic carbocycles. The van der Waals surface area contributed by atoms with Crippen molar-refractivity contribution in [3.8, 4) is 0 Å². The molecule has 120 valence electrons. The van der Waals surface area contributed by atoms with Crippen LogP contribution in [0.15, 0.2) is 17.6 Å². The molecule has 0 unspecified atom stereocenters. The second-order valence-electron chi connectivity index (χ2n) is 5.03. The van der Waals surface area contributed by atoms with Crippen molar-refractivity contribution in [3.05, 3.63) is 29.6 Å². The fraction of sp³-hybridized carbons (Fsp3) is 0.600. The maximum atomic E-state index is 4.43. The number of aliphatic imine (C=N–C) groups is 1. The number of hydrogen-bond acceptors (Lipinski definition) is 2. The van der Waals surface area contributed by atoms with Crippen molar-refractivity contribution in [3.63, 3.8) is 0 Å². The maximum Gasteiger partial charge on any atom is 0.193 e. The summed E-state index contributed by atoms with van der Waals surface area (Å²) in [6, 6.07) is 0. The topological polar surface area (TPSA) is 45.4 Å². The predicted molar refractivity (Wildman–Crippen MR) is 100 cm³/mol. The Morgan fingerprint density at radius 2 is 2.14 bits per heavy atom. The van der Waals surface area contributed by atoms with Crippen molar-refractivity contribution in [1.82, 2.24) is 20.0 Å². The molecule has 0 bridgehead atoms. The number of hydrogen-bond donors (Lipinski definition) is 1. The molecular formula is C15H28IN5. The van der Waals surface area contributed by atoms with Crippen molar-refractivity contribution < 1.29 is 0 Å². The number of nitrogens with one attached hydrogen (secondary N) is 1. The number of halogens is 1. The van der Waals surface area contributed by atoms with Gasteiger partial charge in [0.1, 0.15) is 0 Å². The third-order valence-electron chi connectivity index (χ3n) is 3.56. The molecule has 5 nitrogen and oxygen atoms in total. The average Bonchev–Trinajstić information content (AvgIpc) is 2.65. The Labute approximate surface area is 145 Å². The monoisotopic (exact) mass is 405 g/mol. The zero-order chi connectivity index (χ0) is 15.1. The molecule has 1 aromatic rings. The SMILES string of the molecule is C=CCCCN(C)C(=NC)NCc1c(C)nn(C)c1C.I. The summed E-state index contributed by atoms with van der Waals surface area (Å²) in [6.07, 6.45) is 4.07. The molecule has 1 rings (SSSR count). The predicted octanol–water partition coefficient (Wildman–Crippen LogP) is 2.63. The van der Waals surface area contributed by atoms with Crippen LogP contribution in [0.5, 0.6) is 0 Å². The second kappa shape index (κ2) is 9.81. The van der Waals surface area contributed by atoms with Gasteiger partial charge in [0.2, 0.25) is 0 Å². The molecule has 1 aromatic heterocycles. The highest BCUT2D eigenvalue weighted by Crippen LogP contribution is 2.11. The van der Waals surface area contributed by atoms with Crippen molar-refractivity contribution >= 4 is 29.9 Å². The van der Waals surface area contributed by atoms with Gasteiger partial charge in [-0.3, -0.25) is 9.67 Å². The Balaban J connectivity index is 0.00000400. The van der Waals surface area contributed by atoms with Gasteiger partial charge >= 0.3 is 0 Å². The van der Waals surface area contributed by atoms with E-state index in [1.807, 2.05) is 31.8 Å². The van der Waals surface area contributed by atoms with E-state index in [2.05, 4.69) is 40.9 Å². The number of allylic oxidation sites excluding steroid dienone is 1. The van der Waals surface area contributed by atoms with E-state index in [1.165, 1.54) is 11.3 Å². The molecule has 1 N–H and O–H groups in total. The lowest BCUT2D eigenvalue weighted by molar-refractivity contribution is 0.469. The lowest BCUT2D eigenvalue weighted by Crippen LogP contribution is -2.39. The molecule has 0 aliphatic rings. The minimum atomic E-state index is 0. The molecule has 0 atom stereocenters. The lowest BCUT2D eigenvalue weighted by Gasteiger charge is -2.22. The summed E-state index contributed by atoms with van der Waals surface area (Å²) in [4.78, 5) is 6.47. The molecule has 0 saturated heterocycles. The summed E-state index contributed by atoms with van der Waals surface area (Å²) in [5.41, 5.74) is 3.51. The Morgan fingerprint density at radius 1 is 1.48 bits per heavy atom. The first-order valence-electron chi connectivity index (χ1n) is 7.03. The number of nitrogens with zero attached hydrogens (tertiary/aromatic N) is 4. The van der Waals surface area contributed by atoms with Crippen LogP contribution in [0.4, 0.5) is 0 Å². The van der Waals surface area contributed by atoms with Crippen LogP contribution < -0.4 is 5.32 Å². The van der Waals surface area contributed by atoms with Crippen molar-refractivity contribution in [1.29, 1.82) is 0 Å². The standard InChI is InChI=1S/C15H27N5.HI/c1-7-8-9-10-19(5)15(16-4)17-11-14-12(2)18-20(6)13(14)3;/h7H,1,8-11H2,2-6H3,(H,16,17);1H. The van der Waals surface area contributed by atoms with Gasteiger partial charge in [-0.1, -0.05) is 6.08 Å². The van der Waals surface area contributed by atoms with E-state index < -0.39 is 0 Å². The summed E-state index contributed by atoms with van der Waals surface area (Å²) < 4.78 is 1.92. The van der Waals surface area contributed by atoms with Crippen LogP contribution in [0, 0.1) is 13.8 Å². The fourth-order valence-electron chi connectivity index (χ4n) is 2.20. The van der Waals surface area contributed by atoms with Crippen LogP contribution in [-0.4, -0.2) is 41.3 Å². The third-order valence-corrected chi connectivity index (χ3v) is 3.56. The van der Waals surface area contributed by atoms with E-state index >= 15 is 0 Å². The van der Waals surface area contributed by atoms with E-state index in [-0.39, 0.29) is 24.0 Å². The Kier molecular flexibility index (Phi) is 9.32. The van der Waals surface area contributed by atoms with Gasteiger partial charge in [0.05, 0.1) is 5.69 Å². The summed E-state index contributed by atoms with van der Waals surface area (Å²) in [7, 11) is 5.85. The van der Waals surface area contributed by atoms with E-state index in [0.29, 0.717) is 0 Å². The van der Waals surface area contributed by atoms with Gasteiger partial charge in [-0.15, -0.1) is 30.6 Å². The molecule has 1 heterocycles. The number of rotatable bonds is 6. The van der Waals surface area contributed by atoms with E-state index in [1.54, 1.807) is 0 Å². The minimum Gasteiger partial charge on any atom is -0.352 e. The van der Waals surface area contributed by atoms with E-state index in [0.717, 1.165) is 37.6 Å². The lowest BCUT2D eigenvalue weighted by atomic mass is 10.2. The number of unbranched alkanes of at least 4 members (excludes halogenated alkanes) is 1. The zero-order valence-corrected chi connectivity index (χ0v) is 16.1. The molecule has 0 aliphatic heterocycles. The average molecular weight is 405 g/mol. The number of guanidine groups is 1. The highest BCUT2D eigenvalue weighted by Gasteiger charge is 2.11. The van der Waals surface area contributed by atoms with E-state index in [4.69, 9.17) is 0 Å². The molecule has 0 saturated carbocycles. The smallest absolute Gasteiger partial charge is 0.193 e. The van der Waals surface area contributed by atoms with Gasteiger partial charge in [0, 0.05) is 45.5 Å². The molecule has 6 heteroatoms. The molecule has 0 amide bonds. The summed E-state index contributed by atoms with van der Waals surface area (Å²) in [5.74, 6) is 0.914. The normalized spacial score (nSPS) is 11.0. The van der Waals surface area contributed by atoms with Crippen LogP contribution in [0.2, 0.25) is 0 Å². The van der Waals surface area contributed by atoms with E-state index in [9.17, 15) is 0 Å². The number of aromatic nitrogens is 2. The highest BCUT2D eigenvalue weighted by molar-refractivity contribution is 14.0. The third kappa shape index (κ3) is 5.68. The summed E-state index contributed by atoms with van der Waals surface area (Å²) in [5, 5.41) is 7.84. The first kappa shape index (κ1) is 19.9. The molecular weight excluding hydrogens is 377 g/mol. The number of aryl methyl sites for hydroxylation is 2. The minimum absolute atomic E-state index is 0. The van der Waals surface area contributed by atoms with Gasteiger partial charge < -0.3 is 10.2 Å². The van der Waals surface area contributed by atoms with Crippen LogP contribution in [0.25, 0.3) is 0 Å². The van der Waals surface area contributed by atoms with Crippen molar-refractivity contribution in [2.24, 2.45) is 12.0 Å². The zero-order valence-electron chi connectivity index (χ0n) is 13.8. The highest BCUT2D eigenvalue weighted by atomic mass is 127. The molecule has 21 heavy (non-hydrogen) atoms. The molecule has 0 radical (unpaired) electrons. The van der Waals surface area contributed by atoms with Crippen LogP contribution in [0.3, 0.4) is 0 Å². The van der Waals surface area contributed by atoms with Gasteiger partial charge in [0.25, 0.3) is 0 Å². The first-order chi connectivity index (χ1) is 9.51. The van der Waals surface area contributed by atoms with Crippen LogP contribution in [-0.2, 0) is 13.6 Å². The Bertz CT molecular complexity index is 479. The second-order valence-corrected chi connectivity index (χ2v) is 5.03. The van der Waals surface area contributed by atoms with Crippen molar-refractivity contribution in [2.75, 3.05) is 20.6 Å². The van der Waals surface area contributed by atoms with Crippen LogP contribution in [0.1, 0.15) is 29.8 Å².